The second-order valence-corrected chi connectivity index (χ2v) is 4.56. The quantitative estimate of drug-likeness (QED) is 0.720. The van der Waals surface area contributed by atoms with E-state index in [1.54, 1.807) is 13.0 Å². The zero-order valence-corrected chi connectivity index (χ0v) is 10.5. The molecule has 3 rings (SSSR count). The Morgan fingerprint density at radius 2 is 1.40 bits per heavy atom. The third-order valence-electron chi connectivity index (χ3n) is 3.31. The van der Waals surface area contributed by atoms with Gasteiger partial charge in [0.05, 0.1) is 11.3 Å². The summed E-state index contributed by atoms with van der Waals surface area (Å²) in [6.45, 7) is 1.69. The van der Waals surface area contributed by atoms with Crippen molar-refractivity contribution >= 4 is 29.1 Å². The van der Waals surface area contributed by atoms with Gasteiger partial charge in [0.15, 0.2) is 11.6 Å². The average Bonchev–Trinajstić information content (AvgIpc) is 2.74. The highest BCUT2D eigenvalue weighted by atomic mass is 16.2. The molecule has 98 valence electrons. The first-order valence-electron chi connectivity index (χ1n) is 5.97. The normalized spacial score (nSPS) is 17.1. The molecule has 0 unspecified atom stereocenters. The van der Waals surface area contributed by atoms with E-state index >= 15 is 0 Å². The SMILES string of the molecule is Cc1ccc2c(c1N1C(=O)C=CC1=O)C(=O)C=CC2=O. The van der Waals surface area contributed by atoms with Crippen LogP contribution in [0.5, 0.6) is 0 Å². The van der Waals surface area contributed by atoms with Crippen LogP contribution in [-0.4, -0.2) is 23.4 Å². The number of ketones is 2. The molecule has 0 aromatic heterocycles. The molecule has 0 N–H and O–H groups in total. The molecule has 0 fully saturated rings. The lowest BCUT2D eigenvalue weighted by Crippen LogP contribution is -2.33. The predicted molar refractivity (Wildman–Crippen MR) is 70.6 cm³/mol. The summed E-state index contributed by atoms with van der Waals surface area (Å²) in [5.41, 5.74) is 1.12. The highest BCUT2D eigenvalue weighted by Crippen LogP contribution is 2.33. The molecule has 0 spiro atoms. The highest BCUT2D eigenvalue weighted by molar-refractivity contribution is 6.32. The van der Waals surface area contributed by atoms with Crippen LogP contribution in [0.25, 0.3) is 0 Å². The first-order chi connectivity index (χ1) is 9.50. The molecule has 1 heterocycles. The van der Waals surface area contributed by atoms with Crippen LogP contribution in [0.3, 0.4) is 0 Å². The molecule has 1 aromatic rings. The van der Waals surface area contributed by atoms with Gasteiger partial charge in [-0.1, -0.05) is 6.07 Å². The average molecular weight is 267 g/mol. The zero-order valence-electron chi connectivity index (χ0n) is 10.5. The van der Waals surface area contributed by atoms with Crippen molar-refractivity contribution in [3.8, 4) is 0 Å². The third-order valence-corrected chi connectivity index (χ3v) is 3.31. The molecule has 0 atom stereocenters. The Morgan fingerprint density at radius 3 is 2.05 bits per heavy atom. The van der Waals surface area contributed by atoms with Crippen molar-refractivity contribution in [2.24, 2.45) is 0 Å². The number of hydrogen-bond donors (Lipinski definition) is 0. The van der Waals surface area contributed by atoms with Crippen LogP contribution < -0.4 is 4.90 Å². The van der Waals surface area contributed by atoms with Crippen LogP contribution in [0.4, 0.5) is 5.69 Å². The van der Waals surface area contributed by atoms with Crippen LogP contribution in [0.15, 0.2) is 36.4 Å². The number of rotatable bonds is 1. The van der Waals surface area contributed by atoms with Crippen LogP contribution in [0.1, 0.15) is 26.3 Å². The number of imide groups is 1. The summed E-state index contributed by atoms with van der Waals surface area (Å²) in [5, 5.41) is 0. The molecule has 2 aliphatic rings. The van der Waals surface area contributed by atoms with E-state index in [1.807, 2.05) is 0 Å². The van der Waals surface area contributed by atoms with Crippen LogP contribution >= 0.6 is 0 Å². The fourth-order valence-corrected chi connectivity index (χ4v) is 2.38. The monoisotopic (exact) mass is 267 g/mol. The standard InChI is InChI=1S/C15H9NO4/c1-8-2-3-9-10(17)4-5-11(18)14(9)15(8)16-12(19)6-7-13(16)20/h2-7H,1H3. The van der Waals surface area contributed by atoms with Crippen molar-refractivity contribution in [2.75, 3.05) is 4.90 Å². The van der Waals surface area contributed by atoms with Gasteiger partial charge in [0.1, 0.15) is 0 Å². The number of aryl methyl sites for hydroxylation is 1. The molecule has 20 heavy (non-hydrogen) atoms. The van der Waals surface area contributed by atoms with Gasteiger partial charge in [0, 0.05) is 17.7 Å². The summed E-state index contributed by atoms with van der Waals surface area (Å²) in [7, 11) is 0. The molecule has 1 aromatic carbocycles. The van der Waals surface area contributed by atoms with Crippen molar-refractivity contribution in [2.45, 2.75) is 6.92 Å². The van der Waals surface area contributed by atoms with Crippen LogP contribution in [0, 0.1) is 6.92 Å². The number of anilines is 1. The van der Waals surface area contributed by atoms with E-state index < -0.39 is 11.8 Å². The number of amides is 2. The molecule has 0 bridgehead atoms. The van der Waals surface area contributed by atoms with Gasteiger partial charge in [0.25, 0.3) is 11.8 Å². The molecule has 0 radical (unpaired) electrons. The van der Waals surface area contributed by atoms with Gasteiger partial charge in [-0.05, 0) is 30.7 Å². The minimum atomic E-state index is -0.513. The maximum Gasteiger partial charge on any atom is 0.258 e. The maximum absolute atomic E-state index is 12.1. The molecular weight excluding hydrogens is 258 g/mol. The lowest BCUT2D eigenvalue weighted by molar-refractivity contribution is -0.120. The minimum Gasteiger partial charge on any atom is -0.289 e. The summed E-state index contributed by atoms with van der Waals surface area (Å²) in [6.07, 6.45) is 4.64. The zero-order chi connectivity index (χ0) is 14.4. The van der Waals surface area contributed by atoms with Gasteiger partial charge < -0.3 is 0 Å². The van der Waals surface area contributed by atoms with Gasteiger partial charge >= 0.3 is 0 Å². The molecule has 0 saturated heterocycles. The number of nitrogens with zero attached hydrogens (tertiary/aromatic N) is 1. The summed E-state index contributed by atoms with van der Waals surface area (Å²) >= 11 is 0. The van der Waals surface area contributed by atoms with E-state index in [4.69, 9.17) is 0 Å². The van der Waals surface area contributed by atoms with Crippen molar-refractivity contribution in [1.29, 1.82) is 0 Å². The van der Waals surface area contributed by atoms with E-state index in [2.05, 4.69) is 0 Å². The summed E-state index contributed by atoms with van der Waals surface area (Å²) in [5.74, 6) is -1.72. The van der Waals surface area contributed by atoms with E-state index in [1.165, 1.54) is 12.1 Å². The molecule has 0 saturated carbocycles. The largest absolute Gasteiger partial charge is 0.289 e. The first kappa shape index (κ1) is 12.2. The van der Waals surface area contributed by atoms with Crippen molar-refractivity contribution in [1.82, 2.24) is 0 Å². The summed E-state index contributed by atoms with van der Waals surface area (Å²) < 4.78 is 0. The Bertz CT molecular complexity index is 737. The van der Waals surface area contributed by atoms with Gasteiger partial charge in [0.2, 0.25) is 0 Å². The third kappa shape index (κ3) is 1.56. The Balaban J connectivity index is 2.30. The molecule has 5 heteroatoms. The molecule has 2 amide bonds. The second kappa shape index (κ2) is 4.09. The van der Waals surface area contributed by atoms with E-state index in [-0.39, 0.29) is 28.4 Å². The number of hydrogen-bond acceptors (Lipinski definition) is 4. The molecule has 5 nitrogen and oxygen atoms in total. The molecule has 1 aliphatic heterocycles. The van der Waals surface area contributed by atoms with Crippen molar-refractivity contribution < 1.29 is 19.2 Å². The van der Waals surface area contributed by atoms with Gasteiger partial charge in [-0.2, -0.15) is 0 Å². The maximum atomic E-state index is 12.1. The number of carbonyl (C=O) groups is 4. The van der Waals surface area contributed by atoms with Crippen LogP contribution in [-0.2, 0) is 9.59 Å². The Morgan fingerprint density at radius 1 is 0.800 bits per heavy atom. The molecule has 1 aliphatic carbocycles. The lowest BCUT2D eigenvalue weighted by atomic mass is 9.90. The number of fused-ring (bicyclic) bond motifs is 1. The fourth-order valence-electron chi connectivity index (χ4n) is 2.38. The molecular formula is C15H9NO4. The van der Waals surface area contributed by atoms with E-state index in [9.17, 15) is 19.2 Å². The van der Waals surface area contributed by atoms with Crippen LogP contribution in [0.2, 0.25) is 0 Å². The number of carbonyl (C=O) groups excluding carboxylic acids is 4. The minimum absolute atomic E-state index is 0.114. The van der Waals surface area contributed by atoms with E-state index in [0.29, 0.717) is 5.56 Å². The second-order valence-electron chi connectivity index (χ2n) is 4.56. The van der Waals surface area contributed by atoms with Gasteiger partial charge in [-0.25, -0.2) is 4.90 Å². The smallest absolute Gasteiger partial charge is 0.258 e. The van der Waals surface area contributed by atoms with Crippen molar-refractivity contribution in [3.63, 3.8) is 0 Å². The number of benzene rings is 1. The summed E-state index contributed by atoms with van der Waals surface area (Å²) in [4.78, 5) is 48.5. The van der Waals surface area contributed by atoms with Gasteiger partial charge in [-0.3, -0.25) is 19.2 Å². The van der Waals surface area contributed by atoms with Gasteiger partial charge in [-0.15, -0.1) is 0 Å². The van der Waals surface area contributed by atoms with Crippen molar-refractivity contribution in [3.05, 3.63) is 53.1 Å². The Kier molecular flexibility index (Phi) is 2.50. The summed E-state index contributed by atoms with van der Waals surface area (Å²) in [6, 6.07) is 3.16. The van der Waals surface area contributed by atoms with E-state index in [0.717, 1.165) is 23.1 Å². The predicted octanol–water partition coefficient (Wildman–Crippen LogP) is 1.36. The topological polar surface area (TPSA) is 71.5 Å². The Labute approximate surface area is 114 Å². The fraction of sp³-hybridized carbons (Fsp3) is 0.0667. The Hall–Kier alpha value is -2.82. The lowest BCUT2D eigenvalue weighted by Gasteiger charge is -2.22. The first-order valence-corrected chi connectivity index (χ1v) is 5.97. The highest BCUT2D eigenvalue weighted by Gasteiger charge is 2.33. The number of allylic oxidation sites excluding steroid dienone is 2.